The van der Waals surface area contributed by atoms with Crippen molar-refractivity contribution in [1.82, 2.24) is 9.97 Å². The number of anilines is 2. The normalized spacial score (nSPS) is 9.94. The molecule has 3 N–H and O–H groups in total. The van der Waals surface area contributed by atoms with E-state index in [1.54, 1.807) is 30.7 Å². The molecular formula is C12H12N4O. The molecule has 0 fully saturated rings. The van der Waals surface area contributed by atoms with Crippen molar-refractivity contribution in [3.05, 3.63) is 47.9 Å². The van der Waals surface area contributed by atoms with Crippen LogP contribution >= 0.6 is 0 Å². The van der Waals surface area contributed by atoms with Gasteiger partial charge in [-0.05, 0) is 30.7 Å². The van der Waals surface area contributed by atoms with Crippen molar-refractivity contribution in [2.75, 3.05) is 11.1 Å². The van der Waals surface area contributed by atoms with Crippen LogP contribution in [0.3, 0.4) is 0 Å². The number of carbonyl (C=O) groups is 1. The van der Waals surface area contributed by atoms with Gasteiger partial charge >= 0.3 is 0 Å². The Morgan fingerprint density at radius 3 is 2.94 bits per heavy atom. The van der Waals surface area contributed by atoms with Crippen molar-refractivity contribution in [1.29, 1.82) is 0 Å². The van der Waals surface area contributed by atoms with Crippen molar-refractivity contribution < 1.29 is 4.79 Å². The lowest BCUT2D eigenvalue weighted by Gasteiger charge is -2.06. The van der Waals surface area contributed by atoms with Crippen LogP contribution in [0.15, 0.2) is 36.8 Å². The lowest BCUT2D eigenvalue weighted by atomic mass is 10.2. The van der Waals surface area contributed by atoms with Gasteiger partial charge in [0.1, 0.15) is 5.82 Å². The van der Waals surface area contributed by atoms with Gasteiger partial charge in [-0.2, -0.15) is 0 Å². The number of nitrogens with one attached hydrogen (secondary N) is 1. The smallest absolute Gasteiger partial charge is 0.259 e. The summed E-state index contributed by atoms with van der Waals surface area (Å²) in [5.74, 6) is -0.0754. The lowest BCUT2D eigenvalue weighted by Crippen LogP contribution is -2.14. The molecule has 5 heteroatoms. The fraction of sp³-hybridized carbons (Fsp3) is 0.0833. The minimum Gasteiger partial charge on any atom is -0.383 e. The molecule has 17 heavy (non-hydrogen) atoms. The minimum atomic E-state index is -0.289. The topological polar surface area (TPSA) is 80.9 Å². The largest absolute Gasteiger partial charge is 0.383 e. The van der Waals surface area contributed by atoms with Crippen molar-refractivity contribution in [2.24, 2.45) is 0 Å². The Kier molecular flexibility index (Phi) is 3.00. The number of hydrogen-bond acceptors (Lipinski definition) is 4. The van der Waals surface area contributed by atoms with E-state index in [1.165, 1.54) is 0 Å². The van der Waals surface area contributed by atoms with E-state index >= 15 is 0 Å². The van der Waals surface area contributed by atoms with Gasteiger partial charge in [0.25, 0.3) is 5.91 Å². The minimum absolute atomic E-state index is 0.214. The van der Waals surface area contributed by atoms with Gasteiger partial charge in [0.2, 0.25) is 0 Å². The summed E-state index contributed by atoms with van der Waals surface area (Å²) in [4.78, 5) is 19.7. The van der Waals surface area contributed by atoms with Crippen LogP contribution < -0.4 is 11.1 Å². The molecule has 0 bridgehead atoms. The predicted octanol–water partition coefficient (Wildman–Crippen LogP) is 1.62. The van der Waals surface area contributed by atoms with Crippen molar-refractivity contribution in [2.45, 2.75) is 6.92 Å². The van der Waals surface area contributed by atoms with Crippen molar-refractivity contribution >= 4 is 17.4 Å². The first-order valence-electron chi connectivity index (χ1n) is 5.10. The number of aromatic nitrogens is 2. The number of carbonyl (C=O) groups excluding carboxylic acids is 1. The molecule has 0 saturated heterocycles. The molecule has 0 aliphatic carbocycles. The zero-order valence-corrected chi connectivity index (χ0v) is 9.34. The average Bonchev–Trinajstić information content (AvgIpc) is 2.29. The van der Waals surface area contributed by atoms with Gasteiger partial charge < -0.3 is 11.1 Å². The van der Waals surface area contributed by atoms with Crippen LogP contribution in [-0.4, -0.2) is 15.9 Å². The highest BCUT2D eigenvalue weighted by Crippen LogP contribution is 2.12. The molecule has 2 aromatic rings. The molecule has 2 aromatic heterocycles. The molecular weight excluding hydrogens is 216 g/mol. The molecule has 0 aliphatic heterocycles. The van der Waals surface area contributed by atoms with Gasteiger partial charge in [-0.25, -0.2) is 4.98 Å². The monoisotopic (exact) mass is 228 g/mol. The van der Waals surface area contributed by atoms with Crippen LogP contribution in [-0.2, 0) is 0 Å². The Labute approximate surface area is 98.7 Å². The first-order chi connectivity index (χ1) is 8.16. The third-order valence-corrected chi connectivity index (χ3v) is 2.22. The van der Waals surface area contributed by atoms with E-state index in [2.05, 4.69) is 15.3 Å². The van der Waals surface area contributed by atoms with Crippen LogP contribution in [0.25, 0.3) is 0 Å². The molecule has 0 radical (unpaired) electrons. The van der Waals surface area contributed by atoms with Gasteiger partial charge in [0.15, 0.2) is 0 Å². The summed E-state index contributed by atoms with van der Waals surface area (Å²) in [7, 11) is 0. The Balaban J connectivity index is 2.20. The molecule has 2 rings (SSSR count). The van der Waals surface area contributed by atoms with Crippen molar-refractivity contribution in [3.8, 4) is 0 Å². The summed E-state index contributed by atoms with van der Waals surface area (Å²) in [6, 6.07) is 5.12. The molecule has 1 amide bonds. The molecule has 0 spiro atoms. The second kappa shape index (κ2) is 4.61. The zero-order chi connectivity index (χ0) is 12.3. The van der Waals surface area contributed by atoms with E-state index in [0.717, 1.165) is 5.56 Å². The summed E-state index contributed by atoms with van der Waals surface area (Å²) < 4.78 is 0. The number of nitrogens with two attached hydrogens (primary N) is 1. The van der Waals surface area contributed by atoms with Crippen molar-refractivity contribution in [3.63, 3.8) is 0 Å². The summed E-state index contributed by atoms with van der Waals surface area (Å²) in [5, 5.41) is 2.72. The van der Waals surface area contributed by atoms with Gasteiger partial charge in [0, 0.05) is 12.4 Å². The summed E-state index contributed by atoms with van der Waals surface area (Å²) in [5.41, 5.74) is 7.58. The van der Waals surface area contributed by atoms with Gasteiger partial charge in [0.05, 0.1) is 17.4 Å². The molecule has 0 unspecified atom stereocenters. The quantitative estimate of drug-likeness (QED) is 0.818. The van der Waals surface area contributed by atoms with E-state index in [0.29, 0.717) is 11.3 Å². The van der Waals surface area contributed by atoms with Crippen LogP contribution in [0, 0.1) is 6.92 Å². The average molecular weight is 228 g/mol. The standard InChI is InChI=1S/C12H12N4O/c1-8-5-9(7-14-6-8)16-12(17)10-3-2-4-15-11(10)13/h2-7H,1H3,(H2,13,15)(H,16,17). The second-order valence-corrected chi connectivity index (χ2v) is 3.64. The number of pyridine rings is 2. The summed E-state index contributed by atoms with van der Waals surface area (Å²) in [6.07, 6.45) is 4.84. The first-order valence-corrected chi connectivity index (χ1v) is 5.10. The lowest BCUT2D eigenvalue weighted by molar-refractivity contribution is 0.102. The van der Waals surface area contributed by atoms with E-state index < -0.39 is 0 Å². The molecule has 0 aliphatic rings. The Morgan fingerprint density at radius 2 is 2.24 bits per heavy atom. The number of nitrogen functional groups attached to an aromatic ring is 1. The summed E-state index contributed by atoms with van der Waals surface area (Å²) in [6.45, 7) is 1.90. The van der Waals surface area contributed by atoms with E-state index in [1.807, 2.05) is 13.0 Å². The van der Waals surface area contributed by atoms with Crippen LogP contribution in [0.1, 0.15) is 15.9 Å². The number of aryl methyl sites for hydroxylation is 1. The highest BCUT2D eigenvalue weighted by molar-refractivity contribution is 6.07. The predicted molar refractivity (Wildman–Crippen MR) is 65.6 cm³/mol. The van der Waals surface area contributed by atoms with Crippen LogP contribution in [0.5, 0.6) is 0 Å². The molecule has 5 nitrogen and oxygen atoms in total. The van der Waals surface area contributed by atoms with Gasteiger partial charge in [-0.1, -0.05) is 0 Å². The highest BCUT2D eigenvalue weighted by atomic mass is 16.1. The molecule has 86 valence electrons. The molecule has 0 aromatic carbocycles. The Hall–Kier alpha value is -2.43. The second-order valence-electron chi connectivity index (χ2n) is 3.64. The maximum Gasteiger partial charge on any atom is 0.259 e. The fourth-order valence-electron chi connectivity index (χ4n) is 1.43. The molecule has 2 heterocycles. The van der Waals surface area contributed by atoms with Crippen LogP contribution in [0.2, 0.25) is 0 Å². The maximum absolute atomic E-state index is 11.9. The Morgan fingerprint density at radius 1 is 1.41 bits per heavy atom. The van der Waals surface area contributed by atoms with Gasteiger partial charge in [-0.15, -0.1) is 0 Å². The highest BCUT2D eigenvalue weighted by Gasteiger charge is 2.10. The fourth-order valence-corrected chi connectivity index (χ4v) is 1.43. The molecule has 0 saturated carbocycles. The van der Waals surface area contributed by atoms with Crippen LogP contribution in [0.4, 0.5) is 11.5 Å². The van der Waals surface area contributed by atoms with E-state index in [4.69, 9.17) is 5.73 Å². The zero-order valence-electron chi connectivity index (χ0n) is 9.34. The SMILES string of the molecule is Cc1cncc(NC(=O)c2cccnc2N)c1. The molecule has 0 atom stereocenters. The third kappa shape index (κ3) is 2.57. The van der Waals surface area contributed by atoms with Gasteiger partial charge in [-0.3, -0.25) is 9.78 Å². The number of amides is 1. The number of rotatable bonds is 2. The van der Waals surface area contributed by atoms with E-state index in [-0.39, 0.29) is 11.7 Å². The third-order valence-electron chi connectivity index (χ3n) is 2.22. The maximum atomic E-state index is 11.9. The summed E-state index contributed by atoms with van der Waals surface area (Å²) >= 11 is 0. The Bertz CT molecular complexity index is 554. The number of hydrogen-bond donors (Lipinski definition) is 2. The first kappa shape index (κ1) is 11.1. The van der Waals surface area contributed by atoms with E-state index in [9.17, 15) is 4.79 Å². The number of nitrogens with zero attached hydrogens (tertiary/aromatic N) is 2.